The van der Waals surface area contributed by atoms with Crippen LogP contribution in [0, 0.1) is 0 Å². The number of amides is 1. The summed E-state index contributed by atoms with van der Waals surface area (Å²) in [5, 5.41) is 8.50. The van der Waals surface area contributed by atoms with Gasteiger partial charge in [-0.05, 0) is 24.3 Å². The molecule has 5 nitrogen and oxygen atoms in total. The molecule has 0 bridgehead atoms. The second-order valence-electron chi connectivity index (χ2n) is 4.79. The Morgan fingerprint density at radius 3 is 2.55 bits per heavy atom. The highest BCUT2D eigenvalue weighted by molar-refractivity contribution is 6.42. The number of benzene rings is 1. The largest absolute Gasteiger partial charge is 0.335 e. The van der Waals surface area contributed by atoms with Crippen molar-refractivity contribution in [2.75, 3.05) is 26.2 Å². The standard InChI is InChI=1S/C14H14Cl2N4O.ClH/c15-11-2-1-10(9-12(11)16)20-6-3-13(18-20)14(21)19-7-4-17-5-8-19;/h1-3,6,9,17H,4-5,7-8H2;1H. The van der Waals surface area contributed by atoms with Gasteiger partial charge < -0.3 is 10.2 Å². The number of carbonyl (C=O) groups excluding carboxylic acids is 1. The van der Waals surface area contributed by atoms with Crippen LogP contribution in [0.25, 0.3) is 5.69 Å². The molecule has 2 aromatic rings. The van der Waals surface area contributed by atoms with Crippen LogP contribution in [0.15, 0.2) is 30.5 Å². The molecule has 22 heavy (non-hydrogen) atoms. The summed E-state index contributed by atoms with van der Waals surface area (Å²) in [6.45, 7) is 3.05. The van der Waals surface area contributed by atoms with E-state index in [0.29, 0.717) is 28.8 Å². The van der Waals surface area contributed by atoms with Gasteiger partial charge in [0.2, 0.25) is 0 Å². The van der Waals surface area contributed by atoms with E-state index in [2.05, 4.69) is 10.4 Å². The lowest BCUT2D eigenvalue weighted by Crippen LogP contribution is -2.46. The van der Waals surface area contributed by atoms with Crippen molar-refractivity contribution in [3.05, 3.63) is 46.2 Å². The molecule has 0 unspecified atom stereocenters. The van der Waals surface area contributed by atoms with Crippen LogP contribution in [-0.4, -0.2) is 46.8 Å². The fourth-order valence-corrected chi connectivity index (χ4v) is 2.53. The Labute approximate surface area is 144 Å². The lowest BCUT2D eigenvalue weighted by atomic mass is 10.3. The summed E-state index contributed by atoms with van der Waals surface area (Å²) in [7, 11) is 0. The van der Waals surface area contributed by atoms with Crippen LogP contribution >= 0.6 is 35.6 Å². The Kier molecular flexibility index (Phi) is 5.69. The highest BCUT2D eigenvalue weighted by Gasteiger charge is 2.20. The van der Waals surface area contributed by atoms with Crippen LogP contribution in [0.5, 0.6) is 0 Å². The fraction of sp³-hybridized carbons (Fsp3) is 0.286. The number of nitrogens with one attached hydrogen (secondary N) is 1. The molecule has 1 aromatic heterocycles. The predicted molar refractivity (Wildman–Crippen MR) is 89.6 cm³/mol. The van der Waals surface area contributed by atoms with Crippen molar-refractivity contribution in [2.24, 2.45) is 0 Å². The van der Waals surface area contributed by atoms with Gasteiger partial charge in [-0.25, -0.2) is 4.68 Å². The van der Waals surface area contributed by atoms with Crippen molar-refractivity contribution in [1.29, 1.82) is 0 Å². The van der Waals surface area contributed by atoms with Gasteiger partial charge in [-0.1, -0.05) is 23.2 Å². The lowest BCUT2D eigenvalue weighted by molar-refractivity contribution is 0.0729. The summed E-state index contributed by atoms with van der Waals surface area (Å²) in [5.74, 6) is -0.0460. The van der Waals surface area contributed by atoms with Crippen molar-refractivity contribution in [3.63, 3.8) is 0 Å². The molecular formula is C14H15Cl3N4O. The smallest absolute Gasteiger partial charge is 0.274 e. The Morgan fingerprint density at radius 2 is 1.86 bits per heavy atom. The molecule has 2 heterocycles. The van der Waals surface area contributed by atoms with Crippen LogP contribution in [0.2, 0.25) is 10.0 Å². The van der Waals surface area contributed by atoms with Gasteiger partial charge in [0, 0.05) is 32.4 Å². The summed E-state index contributed by atoms with van der Waals surface area (Å²) < 4.78 is 1.62. The zero-order chi connectivity index (χ0) is 14.8. The van der Waals surface area contributed by atoms with Gasteiger partial charge in [-0.15, -0.1) is 12.4 Å². The molecule has 1 amide bonds. The average Bonchev–Trinajstić information content (AvgIpc) is 3.00. The number of halogens is 3. The van der Waals surface area contributed by atoms with Crippen LogP contribution in [0.3, 0.4) is 0 Å². The summed E-state index contributed by atoms with van der Waals surface area (Å²) >= 11 is 11.9. The molecule has 1 aromatic carbocycles. The zero-order valence-corrected chi connectivity index (χ0v) is 14.0. The maximum atomic E-state index is 12.3. The predicted octanol–water partition coefficient (Wildman–Crippen LogP) is 2.65. The van der Waals surface area contributed by atoms with Crippen LogP contribution in [-0.2, 0) is 0 Å². The van der Waals surface area contributed by atoms with E-state index in [1.807, 2.05) is 0 Å². The summed E-state index contributed by atoms with van der Waals surface area (Å²) in [6.07, 6.45) is 1.75. The molecule has 1 saturated heterocycles. The number of aromatic nitrogens is 2. The maximum Gasteiger partial charge on any atom is 0.274 e. The maximum absolute atomic E-state index is 12.3. The number of hydrogen-bond acceptors (Lipinski definition) is 3. The molecule has 0 saturated carbocycles. The molecule has 0 aliphatic carbocycles. The van der Waals surface area contributed by atoms with Gasteiger partial charge in [0.25, 0.3) is 5.91 Å². The number of piperazine rings is 1. The molecular weight excluding hydrogens is 347 g/mol. The number of rotatable bonds is 2. The molecule has 1 fully saturated rings. The first kappa shape index (κ1) is 17.1. The van der Waals surface area contributed by atoms with E-state index in [9.17, 15) is 4.79 Å². The van der Waals surface area contributed by atoms with E-state index in [-0.39, 0.29) is 18.3 Å². The Hall–Kier alpha value is -1.27. The second-order valence-corrected chi connectivity index (χ2v) is 5.60. The quantitative estimate of drug-likeness (QED) is 0.894. The fourth-order valence-electron chi connectivity index (χ4n) is 2.24. The molecule has 8 heteroatoms. The summed E-state index contributed by atoms with van der Waals surface area (Å²) in [4.78, 5) is 14.1. The van der Waals surface area contributed by atoms with Crippen LogP contribution < -0.4 is 5.32 Å². The van der Waals surface area contributed by atoms with Gasteiger partial charge in [0.05, 0.1) is 15.7 Å². The molecule has 1 aliphatic rings. The minimum absolute atomic E-state index is 0. The van der Waals surface area contributed by atoms with Crippen molar-refractivity contribution in [1.82, 2.24) is 20.0 Å². The Balaban J connectivity index is 0.00000176. The number of nitrogens with zero attached hydrogens (tertiary/aromatic N) is 3. The third-order valence-electron chi connectivity index (χ3n) is 3.38. The SMILES string of the molecule is Cl.O=C(c1ccn(-c2ccc(Cl)c(Cl)c2)n1)N1CCNCC1. The monoisotopic (exact) mass is 360 g/mol. The van der Waals surface area contributed by atoms with E-state index < -0.39 is 0 Å². The molecule has 3 rings (SSSR count). The van der Waals surface area contributed by atoms with Gasteiger partial charge in [0.15, 0.2) is 5.69 Å². The molecule has 1 N–H and O–H groups in total. The van der Waals surface area contributed by atoms with Gasteiger partial charge >= 0.3 is 0 Å². The average molecular weight is 362 g/mol. The van der Waals surface area contributed by atoms with Crippen LogP contribution in [0.4, 0.5) is 0 Å². The van der Waals surface area contributed by atoms with E-state index in [1.54, 1.807) is 40.0 Å². The molecule has 0 spiro atoms. The third kappa shape index (κ3) is 3.55. The Morgan fingerprint density at radius 1 is 1.14 bits per heavy atom. The van der Waals surface area contributed by atoms with E-state index in [4.69, 9.17) is 23.2 Å². The lowest BCUT2D eigenvalue weighted by Gasteiger charge is -2.26. The minimum atomic E-state index is -0.0460. The van der Waals surface area contributed by atoms with E-state index in [1.165, 1.54) is 0 Å². The van der Waals surface area contributed by atoms with Gasteiger partial charge in [0.1, 0.15) is 0 Å². The van der Waals surface area contributed by atoms with Crippen molar-refractivity contribution >= 4 is 41.5 Å². The highest BCUT2D eigenvalue weighted by Crippen LogP contribution is 2.24. The van der Waals surface area contributed by atoms with Gasteiger partial charge in [-0.3, -0.25) is 4.79 Å². The third-order valence-corrected chi connectivity index (χ3v) is 4.12. The van der Waals surface area contributed by atoms with Crippen LogP contribution in [0.1, 0.15) is 10.5 Å². The first-order valence-corrected chi connectivity index (χ1v) is 7.42. The minimum Gasteiger partial charge on any atom is -0.335 e. The van der Waals surface area contributed by atoms with Crippen molar-refractivity contribution < 1.29 is 4.79 Å². The van der Waals surface area contributed by atoms with E-state index in [0.717, 1.165) is 18.8 Å². The topological polar surface area (TPSA) is 50.2 Å². The Bertz CT molecular complexity index is 668. The van der Waals surface area contributed by atoms with Crippen molar-refractivity contribution in [2.45, 2.75) is 0 Å². The zero-order valence-electron chi connectivity index (χ0n) is 11.6. The van der Waals surface area contributed by atoms with Crippen molar-refractivity contribution in [3.8, 4) is 5.69 Å². The summed E-state index contributed by atoms with van der Waals surface area (Å²) in [5.41, 5.74) is 1.20. The first-order chi connectivity index (χ1) is 10.1. The normalized spacial score (nSPS) is 14.5. The number of hydrogen-bond donors (Lipinski definition) is 1. The molecule has 118 valence electrons. The highest BCUT2D eigenvalue weighted by atomic mass is 35.5. The van der Waals surface area contributed by atoms with E-state index >= 15 is 0 Å². The number of carbonyl (C=O) groups is 1. The first-order valence-electron chi connectivity index (χ1n) is 6.66. The molecule has 0 atom stereocenters. The molecule has 0 radical (unpaired) electrons. The van der Waals surface area contributed by atoms with Gasteiger partial charge in [-0.2, -0.15) is 5.10 Å². The molecule has 1 aliphatic heterocycles. The summed E-state index contributed by atoms with van der Waals surface area (Å²) in [6, 6.07) is 6.95. The second kappa shape index (κ2) is 7.33.